The fourth-order valence-corrected chi connectivity index (χ4v) is 3.85. The van der Waals surface area contributed by atoms with Gasteiger partial charge in [0.25, 0.3) is 0 Å². The first-order valence-corrected chi connectivity index (χ1v) is 8.91. The summed E-state index contributed by atoms with van der Waals surface area (Å²) in [6.07, 6.45) is 5.40. The van der Waals surface area contributed by atoms with Crippen molar-refractivity contribution in [1.82, 2.24) is 10.6 Å². The Labute approximate surface area is 142 Å². The molecule has 0 saturated carbocycles. The van der Waals surface area contributed by atoms with Crippen molar-refractivity contribution in [1.29, 1.82) is 0 Å². The van der Waals surface area contributed by atoms with Gasteiger partial charge >= 0.3 is 0 Å². The number of carbonyl (C=O) groups excluding carboxylic acids is 1. The first kappa shape index (κ1) is 16.6. The van der Waals surface area contributed by atoms with Crippen LogP contribution in [0.2, 0.25) is 5.02 Å². The van der Waals surface area contributed by atoms with Gasteiger partial charge in [-0.05, 0) is 62.8 Å². The maximum atomic E-state index is 12.1. The number of benzene rings is 1. The van der Waals surface area contributed by atoms with Gasteiger partial charge in [-0.3, -0.25) is 4.79 Å². The molecule has 1 aromatic rings. The minimum absolute atomic E-state index is 0.0654. The predicted molar refractivity (Wildman–Crippen MR) is 91.8 cm³/mol. The average Bonchev–Trinajstić information content (AvgIpc) is 2.86. The van der Waals surface area contributed by atoms with E-state index in [9.17, 15) is 4.79 Å². The van der Waals surface area contributed by atoms with Gasteiger partial charge in [-0.25, -0.2) is 0 Å². The van der Waals surface area contributed by atoms with Crippen molar-refractivity contribution in [3.05, 3.63) is 29.3 Å². The van der Waals surface area contributed by atoms with Gasteiger partial charge < -0.3 is 15.4 Å². The standard InChI is InChI=1S/C18H25ClN2O2/c1-12(23-17-6-2-14(19)3-7-17)11-20-18(22)10-13-8-15-4-5-16(9-13)21-15/h2-3,6-7,12-13,15-16,21H,4-5,8-11H2,1H3,(H,20,22). The number of hydrogen-bond acceptors (Lipinski definition) is 3. The molecule has 0 radical (unpaired) electrons. The van der Waals surface area contributed by atoms with Gasteiger partial charge in [-0.1, -0.05) is 11.6 Å². The number of hydrogen-bond donors (Lipinski definition) is 2. The molecule has 2 saturated heterocycles. The molecular formula is C18H25ClN2O2. The maximum absolute atomic E-state index is 12.1. The lowest BCUT2D eigenvalue weighted by Gasteiger charge is -2.28. The molecule has 4 nitrogen and oxygen atoms in total. The van der Waals surface area contributed by atoms with Crippen LogP contribution in [0.5, 0.6) is 5.75 Å². The summed E-state index contributed by atoms with van der Waals surface area (Å²) in [6.45, 7) is 2.49. The molecule has 5 heteroatoms. The lowest BCUT2D eigenvalue weighted by Crippen LogP contribution is -2.40. The molecule has 1 amide bonds. The van der Waals surface area contributed by atoms with Crippen LogP contribution in [0.25, 0.3) is 0 Å². The highest BCUT2D eigenvalue weighted by molar-refractivity contribution is 6.30. The molecule has 2 bridgehead atoms. The van der Waals surface area contributed by atoms with Gasteiger partial charge in [0.2, 0.25) is 5.91 Å². The van der Waals surface area contributed by atoms with Crippen LogP contribution >= 0.6 is 11.6 Å². The van der Waals surface area contributed by atoms with Gasteiger partial charge in [0.1, 0.15) is 11.9 Å². The second kappa shape index (κ2) is 7.54. The quantitative estimate of drug-likeness (QED) is 0.839. The molecule has 0 aliphatic carbocycles. The maximum Gasteiger partial charge on any atom is 0.220 e. The third-order valence-corrected chi connectivity index (χ3v) is 5.03. The van der Waals surface area contributed by atoms with Gasteiger partial charge in [0.05, 0.1) is 6.54 Å². The van der Waals surface area contributed by atoms with Crippen LogP contribution in [0.15, 0.2) is 24.3 Å². The summed E-state index contributed by atoms with van der Waals surface area (Å²) in [5.74, 6) is 1.44. The van der Waals surface area contributed by atoms with E-state index in [-0.39, 0.29) is 12.0 Å². The van der Waals surface area contributed by atoms with Gasteiger partial charge in [0, 0.05) is 23.5 Å². The summed E-state index contributed by atoms with van der Waals surface area (Å²) in [5.41, 5.74) is 0. The van der Waals surface area contributed by atoms with Crippen LogP contribution in [0.3, 0.4) is 0 Å². The Morgan fingerprint density at radius 2 is 1.96 bits per heavy atom. The van der Waals surface area contributed by atoms with E-state index in [0.29, 0.717) is 36.0 Å². The topological polar surface area (TPSA) is 50.4 Å². The Hall–Kier alpha value is -1.26. The summed E-state index contributed by atoms with van der Waals surface area (Å²) in [6, 6.07) is 8.55. The zero-order valence-electron chi connectivity index (χ0n) is 13.6. The molecule has 3 rings (SSSR count). The monoisotopic (exact) mass is 336 g/mol. The van der Waals surface area contributed by atoms with Crippen molar-refractivity contribution in [2.45, 2.75) is 57.2 Å². The Morgan fingerprint density at radius 1 is 1.30 bits per heavy atom. The molecule has 2 heterocycles. The molecule has 126 valence electrons. The van der Waals surface area contributed by atoms with Crippen molar-refractivity contribution in [2.24, 2.45) is 5.92 Å². The summed E-state index contributed by atoms with van der Waals surface area (Å²) in [7, 11) is 0. The molecule has 23 heavy (non-hydrogen) atoms. The lowest BCUT2D eigenvalue weighted by molar-refractivity contribution is -0.122. The van der Waals surface area contributed by atoms with E-state index in [1.807, 2.05) is 19.1 Å². The first-order valence-electron chi connectivity index (χ1n) is 8.53. The van der Waals surface area contributed by atoms with Crippen molar-refractivity contribution >= 4 is 17.5 Å². The average molecular weight is 337 g/mol. The lowest BCUT2D eigenvalue weighted by atomic mass is 9.89. The fourth-order valence-electron chi connectivity index (χ4n) is 3.72. The zero-order valence-corrected chi connectivity index (χ0v) is 14.3. The van der Waals surface area contributed by atoms with Crippen molar-refractivity contribution in [3.63, 3.8) is 0 Å². The summed E-state index contributed by atoms with van der Waals surface area (Å²) < 4.78 is 5.77. The molecule has 0 spiro atoms. The Balaban J connectivity index is 1.37. The summed E-state index contributed by atoms with van der Waals surface area (Å²) in [4.78, 5) is 12.1. The van der Waals surface area contributed by atoms with Crippen molar-refractivity contribution in [3.8, 4) is 5.75 Å². The highest BCUT2D eigenvalue weighted by atomic mass is 35.5. The van der Waals surface area contributed by atoms with E-state index in [4.69, 9.17) is 16.3 Å². The summed E-state index contributed by atoms with van der Waals surface area (Å²) >= 11 is 5.85. The third kappa shape index (κ3) is 4.85. The van der Waals surface area contributed by atoms with E-state index in [0.717, 1.165) is 18.6 Å². The highest BCUT2D eigenvalue weighted by Gasteiger charge is 2.34. The number of ether oxygens (including phenoxy) is 1. The predicted octanol–water partition coefficient (Wildman–Crippen LogP) is 3.14. The number of fused-ring (bicyclic) bond motifs is 2. The first-order chi connectivity index (χ1) is 11.1. The van der Waals surface area contributed by atoms with Crippen LogP contribution in [-0.2, 0) is 4.79 Å². The number of carbonyl (C=O) groups is 1. The summed E-state index contributed by atoms with van der Waals surface area (Å²) in [5, 5.41) is 7.30. The molecule has 3 unspecified atom stereocenters. The number of halogens is 1. The van der Waals surface area contributed by atoms with Crippen LogP contribution in [-0.4, -0.2) is 30.6 Å². The minimum Gasteiger partial charge on any atom is -0.489 e. The van der Waals surface area contributed by atoms with E-state index >= 15 is 0 Å². The van der Waals surface area contributed by atoms with Crippen LogP contribution in [0.4, 0.5) is 0 Å². The van der Waals surface area contributed by atoms with Crippen LogP contribution in [0, 0.1) is 5.92 Å². The van der Waals surface area contributed by atoms with Crippen LogP contribution in [0.1, 0.15) is 39.0 Å². The van der Waals surface area contributed by atoms with Crippen molar-refractivity contribution < 1.29 is 9.53 Å². The van der Waals surface area contributed by atoms with E-state index in [1.54, 1.807) is 12.1 Å². The van der Waals surface area contributed by atoms with Gasteiger partial charge in [0.15, 0.2) is 0 Å². The van der Waals surface area contributed by atoms with Crippen LogP contribution < -0.4 is 15.4 Å². The number of piperidine rings is 1. The molecule has 1 aromatic carbocycles. The highest BCUT2D eigenvalue weighted by Crippen LogP contribution is 2.32. The third-order valence-electron chi connectivity index (χ3n) is 4.78. The second-order valence-corrected chi connectivity index (χ2v) is 7.30. The number of rotatable bonds is 6. The second-order valence-electron chi connectivity index (χ2n) is 6.87. The number of nitrogens with one attached hydrogen (secondary N) is 2. The smallest absolute Gasteiger partial charge is 0.220 e. The molecule has 2 N–H and O–H groups in total. The Bertz CT molecular complexity index is 522. The molecule has 2 aliphatic rings. The largest absolute Gasteiger partial charge is 0.489 e. The fraction of sp³-hybridized carbons (Fsp3) is 0.611. The normalized spacial score (nSPS) is 27.5. The van der Waals surface area contributed by atoms with Crippen molar-refractivity contribution in [2.75, 3.05) is 6.54 Å². The minimum atomic E-state index is -0.0654. The zero-order chi connectivity index (χ0) is 16.2. The molecule has 2 fully saturated rings. The Morgan fingerprint density at radius 3 is 2.61 bits per heavy atom. The van der Waals surface area contributed by atoms with E-state index < -0.39 is 0 Å². The number of amides is 1. The van der Waals surface area contributed by atoms with E-state index in [1.165, 1.54) is 12.8 Å². The van der Waals surface area contributed by atoms with Gasteiger partial charge in [-0.2, -0.15) is 0 Å². The molecule has 3 atom stereocenters. The van der Waals surface area contributed by atoms with E-state index in [2.05, 4.69) is 10.6 Å². The molecule has 2 aliphatic heterocycles. The Kier molecular flexibility index (Phi) is 5.44. The molecule has 0 aromatic heterocycles. The van der Waals surface area contributed by atoms with Gasteiger partial charge in [-0.15, -0.1) is 0 Å². The SMILES string of the molecule is CC(CNC(=O)CC1CC2CCC(C1)N2)Oc1ccc(Cl)cc1. The molecular weight excluding hydrogens is 312 g/mol.